The second kappa shape index (κ2) is 5.18. The van der Waals surface area contributed by atoms with Gasteiger partial charge in [-0.25, -0.2) is 0 Å². The van der Waals surface area contributed by atoms with Crippen molar-refractivity contribution < 1.29 is 4.79 Å². The summed E-state index contributed by atoms with van der Waals surface area (Å²) in [5, 5.41) is 0.634. The van der Waals surface area contributed by atoms with E-state index in [1.54, 1.807) is 6.07 Å². The van der Waals surface area contributed by atoms with E-state index in [4.69, 9.17) is 11.6 Å². The van der Waals surface area contributed by atoms with Crippen molar-refractivity contribution in [3.05, 3.63) is 70.2 Å². The molecule has 0 radical (unpaired) electrons. The van der Waals surface area contributed by atoms with Crippen molar-refractivity contribution in [1.82, 2.24) is 0 Å². The molecule has 1 nitrogen and oxygen atoms in total. The molecule has 98 valence electrons. The fourth-order valence-electron chi connectivity index (χ4n) is 2.08. The van der Waals surface area contributed by atoms with Gasteiger partial charge in [-0.3, -0.25) is 4.79 Å². The van der Waals surface area contributed by atoms with Gasteiger partial charge in [0.1, 0.15) is 0 Å². The van der Waals surface area contributed by atoms with Gasteiger partial charge < -0.3 is 0 Å². The Morgan fingerprint density at radius 1 is 1.05 bits per heavy atom. The van der Waals surface area contributed by atoms with E-state index in [2.05, 4.69) is 0 Å². The number of Topliss-reactive ketones (excluding diaryl/α,β-unsaturated/α-hetero) is 1. The fraction of sp³-hybridized carbons (Fsp3) is 0.235. The van der Waals surface area contributed by atoms with Gasteiger partial charge in [0.2, 0.25) is 0 Å². The van der Waals surface area contributed by atoms with Crippen molar-refractivity contribution in [3.63, 3.8) is 0 Å². The maximum absolute atomic E-state index is 12.7. The van der Waals surface area contributed by atoms with Crippen molar-refractivity contribution in [2.45, 2.75) is 26.2 Å². The molecule has 0 atom stereocenters. The molecular formula is C17H17ClO. The molecule has 0 unspecified atom stereocenters. The minimum absolute atomic E-state index is 0.0839. The summed E-state index contributed by atoms with van der Waals surface area (Å²) in [4.78, 5) is 12.7. The summed E-state index contributed by atoms with van der Waals surface area (Å²) >= 11 is 6.10. The quantitative estimate of drug-likeness (QED) is 0.733. The lowest BCUT2D eigenvalue weighted by molar-refractivity contribution is 0.0909. The lowest BCUT2D eigenvalue weighted by Gasteiger charge is -2.24. The highest BCUT2D eigenvalue weighted by Gasteiger charge is 2.30. The van der Waals surface area contributed by atoms with Gasteiger partial charge in [0, 0.05) is 10.6 Å². The highest BCUT2D eigenvalue weighted by Crippen LogP contribution is 2.29. The molecule has 0 heterocycles. The van der Waals surface area contributed by atoms with Crippen LogP contribution in [0.25, 0.3) is 0 Å². The van der Waals surface area contributed by atoms with Crippen LogP contribution >= 0.6 is 11.6 Å². The van der Waals surface area contributed by atoms with Crippen LogP contribution in [0.5, 0.6) is 0 Å². The number of aryl methyl sites for hydroxylation is 1. The first-order chi connectivity index (χ1) is 8.93. The summed E-state index contributed by atoms with van der Waals surface area (Å²) in [5.74, 6) is 0.0839. The van der Waals surface area contributed by atoms with E-state index in [0.29, 0.717) is 10.6 Å². The lowest BCUT2D eigenvalue weighted by atomic mass is 9.78. The number of ketones is 1. The SMILES string of the molecule is Cc1ccc(C(=O)C(C)(C)c2ccccc2)cc1Cl. The Hall–Kier alpha value is -1.60. The van der Waals surface area contributed by atoms with Crippen LogP contribution in [0.4, 0.5) is 0 Å². The number of benzene rings is 2. The third kappa shape index (κ3) is 2.71. The number of rotatable bonds is 3. The Kier molecular flexibility index (Phi) is 3.77. The molecule has 0 bridgehead atoms. The van der Waals surface area contributed by atoms with E-state index in [9.17, 15) is 4.79 Å². The molecule has 2 rings (SSSR count). The Morgan fingerprint density at radius 3 is 2.26 bits per heavy atom. The third-order valence-electron chi connectivity index (χ3n) is 3.50. The minimum Gasteiger partial charge on any atom is -0.293 e. The van der Waals surface area contributed by atoms with Crippen molar-refractivity contribution in [3.8, 4) is 0 Å². The largest absolute Gasteiger partial charge is 0.293 e. The number of halogens is 1. The molecule has 0 spiro atoms. The molecule has 0 N–H and O–H groups in total. The molecule has 0 saturated carbocycles. The zero-order valence-electron chi connectivity index (χ0n) is 11.4. The van der Waals surface area contributed by atoms with Crippen LogP contribution in [0.3, 0.4) is 0 Å². The minimum atomic E-state index is -0.556. The molecule has 0 aliphatic heterocycles. The van der Waals surface area contributed by atoms with Gasteiger partial charge in [0.05, 0.1) is 5.41 Å². The van der Waals surface area contributed by atoms with E-state index < -0.39 is 5.41 Å². The van der Waals surface area contributed by atoms with Gasteiger partial charge in [0.15, 0.2) is 5.78 Å². The van der Waals surface area contributed by atoms with Gasteiger partial charge in [0.25, 0.3) is 0 Å². The summed E-state index contributed by atoms with van der Waals surface area (Å²) in [6.07, 6.45) is 0. The van der Waals surface area contributed by atoms with Gasteiger partial charge >= 0.3 is 0 Å². The number of carbonyl (C=O) groups excluding carboxylic acids is 1. The number of hydrogen-bond acceptors (Lipinski definition) is 1. The second-order valence-corrected chi connectivity index (χ2v) is 5.69. The summed E-state index contributed by atoms with van der Waals surface area (Å²) < 4.78 is 0. The molecule has 0 fully saturated rings. The van der Waals surface area contributed by atoms with Crippen LogP contribution in [0.2, 0.25) is 5.02 Å². The Balaban J connectivity index is 2.40. The van der Waals surface area contributed by atoms with E-state index >= 15 is 0 Å². The molecule has 0 amide bonds. The van der Waals surface area contributed by atoms with E-state index in [0.717, 1.165) is 11.1 Å². The monoisotopic (exact) mass is 272 g/mol. The standard InChI is InChI=1S/C17H17ClO/c1-12-9-10-13(11-15(12)18)16(19)17(2,3)14-7-5-4-6-8-14/h4-11H,1-3H3. The first kappa shape index (κ1) is 13.8. The second-order valence-electron chi connectivity index (χ2n) is 5.28. The normalized spacial score (nSPS) is 11.4. The van der Waals surface area contributed by atoms with Crippen LogP contribution in [0, 0.1) is 6.92 Å². The van der Waals surface area contributed by atoms with Crippen molar-refractivity contribution in [2.24, 2.45) is 0 Å². The molecular weight excluding hydrogens is 256 g/mol. The molecule has 2 aromatic carbocycles. The van der Waals surface area contributed by atoms with Crippen molar-refractivity contribution in [2.75, 3.05) is 0 Å². The van der Waals surface area contributed by atoms with E-state index in [-0.39, 0.29) is 5.78 Å². The van der Waals surface area contributed by atoms with E-state index in [1.807, 2.05) is 63.2 Å². The highest BCUT2D eigenvalue weighted by atomic mass is 35.5. The predicted octanol–water partition coefficient (Wildman–Crippen LogP) is 4.81. The molecule has 0 saturated heterocycles. The van der Waals surface area contributed by atoms with Crippen LogP contribution in [0.1, 0.15) is 35.3 Å². The average Bonchev–Trinajstić information content (AvgIpc) is 2.42. The molecule has 19 heavy (non-hydrogen) atoms. The van der Waals surface area contributed by atoms with Crippen LogP contribution in [0.15, 0.2) is 48.5 Å². The summed E-state index contributed by atoms with van der Waals surface area (Å²) in [6.45, 7) is 5.82. The topological polar surface area (TPSA) is 17.1 Å². The van der Waals surface area contributed by atoms with Crippen LogP contribution in [-0.2, 0) is 5.41 Å². The summed E-state index contributed by atoms with van der Waals surface area (Å²) in [5.41, 5.74) is 2.09. The molecule has 2 heteroatoms. The molecule has 0 aliphatic carbocycles. The molecule has 0 aliphatic rings. The highest BCUT2D eigenvalue weighted by molar-refractivity contribution is 6.31. The lowest BCUT2D eigenvalue weighted by Crippen LogP contribution is -2.29. The zero-order chi connectivity index (χ0) is 14.0. The zero-order valence-corrected chi connectivity index (χ0v) is 12.2. The van der Waals surface area contributed by atoms with Gasteiger partial charge in [-0.15, -0.1) is 0 Å². The first-order valence-corrected chi connectivity index (χ1v) is 6.67. The molecule has 2 aromatic rings. The maximum atomic E-state index is 12.7. The summed E-state index contributed by atoms with van der Waals surface area (Å²) in [6, 6.07) is 15.3. The van der Waals surface area contributed by atoms with Crippen molar-refractivity contribution >= 4 is 17.4 Å². The van der Waals surface area contributed by atoms with Crippen LogP contribution < -0.4 is 0 Å². The van der Waals surface area contributed by atoms with Gasteiger partial charge in [-0.2, -0.15) is 0 Å². The number of hydrogen-bond donors (Lipinski definition) is 0. The Bertz CT molecular complexity index is 600. The van der Waals surface area contributed by atoms with Gasteiger partial charge in [-0.05, 0) is 38.0 Å². The van der Waals surface area contributed by atoms with Crippen molar-refractivity contribution in [1.29, 1.82) is 0 Å². The fourth-order valence-corrected chi connectivity index (χ4v) is 2.26. The molecule has 0 aromatic heterocycles. The average molecular weight is 273 g/mol. The smallest absolute Gasteiger partial charge is 0.172 e. The predicted molar refractivity (Wildman–Crippen MR) is 80.0 cm³/mol. The van der Waals surface area contributed by atoms with Gasteiger partial charge in [-0.1, -0.05) is 54.1 Å². The van der Waals surface area contributed by atoms with E-state index in [1.165, 1.54) is 0 Å². The number of carbonyl (C=O) groups is 1. The Labute approximate surface area is 119 Å². The third-order valence-corrected chi connectivity index (χ3v) is 3.90. The first-order valence-electron chi connectivity index (χ1n) is 6.29. The summed E-state index contributed by atoms with van der Waals surface area (Å²) in [7, 11) is 0. The maximum Gasteiger partial charge on any atom is 0.172 e. The Morgan fingerprint density at radius 2 is 1.68 bits per heavy atom. The van der Waals surface area contributed by atoms with Crippen LogP contribution in [-0.4, -0.2) is 5.78 Å².